The molecule has 1 saturated heterocycles. The van der Waals surface area contributed by atoms with Gasteiger partial charge in [0.2, 0.25) is 0 Å². The number of hydrogen-bond acceptors (Lipinski definition) is 4. The molecular formula is C25H27FO4. The Bertz CT molecular complexity index is 1000. The molecule has 0 unspecified atom stereocenters. The standard InChI is InChI=1S/C25H27FO4/c1-3-17-5-7-18(30-19-6-4-16(2)21(26)13-19)12-20(17)24-22(27)14-25(15-23(24)28)8-10-29-11-9-25/h4-7,12-13,27H,3,8-11,14-15H2,1-2H3. The van der Waals surface area contributed by atoms with Crippen molar-refractivity contribution in [1.29, 1.82) is 0 Å². The van der Waals surface area contributed by atoms with Crippen LogP contribution in [0.2, 0.25) is 0 Å². The number of ketones is 1. The third-order valence-electron chi connectivity index (χ3n) is 6.31. The number of hydrogen-bond donors (Lipinski definition) is 1. The molecule has 0 amide bonds. The van der Waals surface area contributed by atoms with E-state index in [0.717, 1.165) is 24.8 Å². The van der Waals surface area contributed by atoms with Crippen LogP contribution in [-0.2, 0) is 16.0 Å². The molecule has 2 aromatic carbocycles. The Labute approximate surface area is 176 Å². The molecule has 4 rings (SSSR count). The molecule has 30 heavy (non-hydrogen) atoms. The van der Waals surface area contributed by atoms with Crippen molar-refractivity contribution in [3.8, 4) is 11.5 Å². The number of carbonyl (C=O) groups is 1. The highest BCUT2D eigenvalue weighted by Gasteiger charge is 2.41. The lowest BCUT2D eigenvalue weighted by molar-refractivity contribution is -0.118. The number of aryl methyl sites for hydroxylation is 2. The first-order valence-corrected chi connectivity index (χ1v) is 10.5. The summed E-state index contributed by atoms with van der Waals surface area (Å²) in [6, 6.07) is 10.2. The van der Waals surface area contributed by atoms with Gasteiger partial charge in [0.15, 0.2) is 5.78 Å². The van der Waals surface area contributed by atoms with Gasteiger partial charge in [-0.1, -0.05) is 19.1 Å². The van der Waals surface area contributed by atoms with Crippen LogP contribution < -0.4 is 4.74 Å². The maximum Gasteiger partial charge on any atom is 0.167 e. The highest BCUT2D eigenvalue weighted by atomic mass is 19.1. The van der Waals surface area contributed by atoms with Gasteiger partial charge < -0.3 is 14.6 Å². The highest BCUT2D eigenvalue weighted by Crippen LogP contribution is 2.47. The minimum absolute atomic E-state index is 0.0334. The quantitative estimate of drug-likeness (QED) is 0.680. The lowest BCUT2D eigenvalue weighted by atomic mass is 9.67. The number of allylic oxidation sites excluding steroid dienone is 2. The number of rotatable bonds is 4. The van der Waals surface area contributed by atoms with Gasteiger partial charge in [-0.3, -0.25) is 4.79 Å². The predicted molar refractivity (Wildman–Crippen MR) is 113 cm³/mol. The van der Waals surface area contributed by atoms with E-state index in [9.17, 15) is 14.3 Å². The van der Waals surface area contributed by atoms with Crippen LogP contribution in [0.4, 0.5) is 4.39 Å². The summed E-state index contributed by atoms with van der Waals surface area (Å²) in [7, 11) is 0. The van der Waals surface area contributed by atoms with Gasteiger partial charge in [-0.05, 0) is 66.5 Å². The van der Waals surface area contributed by atoms with Crippen LogP contribution in [0.25, 0.3) is 5.57 Å². The number of halogens is 1. The molecule has 1 N–H and O–H groups in total. The first kappa shape index (κ1) is 20.6. The summed E-state index contributed by atoms with van der Waals surface area (Å²) in [5.41, 5.74) is 2.42. The lowest BCUT2D eigenvalue weighted by Gasteiger charge is -2.39. The normalized spacial score (nSPS) is 18.7. The minimum atomic E-state index is -0.331. The molecule has 2 aromatic rings. The molecule has 0 radical (unpaired) electrons. The van der Waals surface area contributed by atoms with Gasteiger partial charge in [-0.25, -0.2) is 4.39 Å². The van der Waals surface area contributed by atoms with Crippen LogP contribution in [0, 0.1) is 18.2 Å². The third kappa shape index (κ3) is 3.99. The van der Waals surface area contributed by atoms with E-state index >= 15 is 0 Å². The van der Waals surface area contributed by atoms with Crippen LogP contribution in [0.3, 0.4) is 0 Å². The van der Waals surface area contributed by atoms with E-state index in [-0.39, 0.29) is 22.8 Å². The van der Waals surface area contributed by atoms with Crippen molar-refractivity contribution in [2.75, 3.05) is 13.2 Å². The maximum absolute atomic E-state index is 13.9. The summed E-state index contributed by atoms with van der Waals surface area (Å²) in [6.07, 6.45) is 3.22. The van der Waals surface area contributed by atoms with E-state index in [0.29, 0.717) is 54.3 Å². The van der Waals surface area contributed by atoms with Crippen molar-refractivity contribution >= 4 is 11.4 Å². The Morgan fingerprint density at radius 1 is 1.10 bits per heavy atom. The summed E-state index contributed by atoms with van der Waals surface area (Å²) >= 11 is 0. The van der Waals surface area contributed by atoms with E-state index in [1.165, 1.54) is 6.07 Å². The number of carbonyl (C=O) groups excluding carboxylic acids is 1. The van der Waals surface area contributed by atoms with Gasteiger partial charge in [0.25, 0.3) is 0 Å². The molecule has 4 nitrogen and oxygen atoms in total. The second-order valence-electron chi connectivity index (χ2n) is 8.40. The second-order valence-corrected chi connectivity index (χ2v) is 8.40. The van der Waals surface area contributed by atoms with Gasteiger partial charge >= 0.3 is 0 Å². The smallest absolute Gasteiger partial charge is 0.167 e. The Morgan fingerprint density at radius 2 is 1.80 bits per heavy atom. The van der Waals surface area contributed by atoms with Crippen LogP contribution in [0.1, 0.15) is 49.3 Å². The summed E-state index contributed by atoms with van der Waals surface area (Å²) < 4.78 is 25.2. The Kier molecular flexibility index (Phi) is 5.65. The number of aliphatic hydroxyl groups excluding tert-OH is 1. The Morgan fingerprint density at radius 3 is 2.47 bits per heavy atom. The van der Waals surface area contributed by atoms with E-state index in [1.807, 2.05) is 19.1 Å². The zero-order valence-electron chi connectivity index (χ0n) is 17.5. The molecule has 1 aliphatic heterocycles. The van der Waals surface area contributed by atoms with E-state index in [1.54, 1.807) is 25.1 Å². The molecule has 0 atom stereocenters. The zero-order valence-corrected chi connectivity index (χ0v) is 17.5. The Balaban J connectivity index is 1.68. The highest BCUT2D eigenvalue weighted by molar-refractivity contribution is 6.22. The van der Waals surface area contributed by atoms with E-state index in [4.69, 9.17) is 9.47 Å². The summed E-state index contributed by atoms with van der Waals surface area (Å²) in [4.78, 5) is 13.1. The van der Waals surface area contributed by atoms with Crippen molar-refractivity contribution in [2.45, 2.75) is 46.0 Å². The van der Waals surface area contributed by atoms with Crippen LogP contribution in [0.5, 0.6) is 11.5 Å². The number of benzene rings is 2. The number of ether oxygens (including phenoxy) is 2. The van der Waals surface area contributed by atoms with Crippen molar-refractivity contribution < 1.29 is 23.8 Å². The number of aliphatic hydroxyl groups is 1. The van der Waals surface area contributed by atoms with Gasteiger partial charge in [0.05, 0.1) is 5.57 Å². The summed E-state index contributed by atoms with van der Waals surface area (Å²) in [6.45, 7) is 4.97. The van der Waals surface area contributed by atoms with Crippen molar-refractivity contribution in [3.05, 3.63) is 64.7 Å². The zero-order chi connectivity index (χ0) is 21.3. The first-order valence-electron chi connectivity index (χ1n) is 10.5. The fourth-order valence-electron chi connectivity index (χ4n) is 4.49. The first-order chi connectivity index (χ1) is 14.4. The molecular weight excluding hydrogens is 383 g/mol. The predicted octanol–water partition coefficient (Wildman–Crippen LogP) is 5.92. The molecule has 1 spiro atoms. The molecule has 5 heteroatoms. The lowest BCUT2D eigenvalue weighted by Crippen LogP contribution is -2.36. The molecule has 158 valence electrons. The Hall–Kier alpha value is -2.66. The summed E-state index contributed by atoms with van der Waals surface area (Å²) in [5.74, 6) is 0.685. The fraction of sp³-hybridized carbons (Fsp3) is 0.400. The van der Waals surface area contributed by atoms with Crippen LogP contribution in [0.15, 0.2) is 42.2 Å². The van der Waals surface area contributed by atoms with Gasteiger partial charge in [-0.2, -0.15) is 0 Å². The molecule has 1 fully saturated rings. The topological polar surface area (TPSA) is 55.8 Å². The monoisotopic (exact) mass is 410 g/mol. The summed E-state index contributed by atoms with van der Waals surface area (Å²) in [5, 5.41) is 10.9. The minimum Gasteiger partial charge on any atom is -0.512 e. The van der Waals surface area contributed by atoms with Crippen LogP contribution in [-0.4, -0.2) is 24.1 Å². The largest absolute Gasteiger partial charge is 0.512 e. The van der Waals surface area contributed by atoms with E-state index in [2.05, 4.69) is 0 Å². The molecule has 2 aliphatic rings. The van der Waals surface area contributed by atoms with Crippen molar-refractivity contribution in [1.82, 2.24) is 0 Å². The second kappa shape index (κ2) is 8.23. The van der Waals surface area contributed by atoms with Crippen molar-refractivity contribution in [3.63, 3.8) is 0 Å². The maximum atomic E-state index is 13.9. The van der Waals surface area contributed by atoms with Crippen LogP contribution >= 0.6 is 0 Å². The SMILES string of the molecule is CCc1ccc(Oc2ccc(C)c(F)c2)cc1C1=C(O)CC2(CCOCC2)CC1=O. The van der Waals surface area contributed by atoms with E-state index < -0.39 is 0 Å². The molecule has 0 bridgehead atoms. The third-order valence-corrected chi connectivity index (χ3v) is 6.31. The molecule has 0 aromatic heterocycles. The average molecular weight is 410 g/mol. The van der Waals surface area contributed by atoms with Gasteiger partial charge in [0.1, 0.15) is 23.1 Å². The average Bonchev–Trinajstić information content (AvgIpc) is 2.71. The molecule has 0 saturated carbocycles. The molecule has 1 heterocycles. The van der Waals surface area contributed by atoms with Crippen molar-refractivity contribution in [2.24, 2.45) is 5.41 Å². The van der Waals surface area contributed by atoms with Gasteiger partial charge in [0, 0.05) is 32.1 Å². The number of Topliss-reactive ketones (excluding diaryl/α,β-unsaturated/α-hetero) is 1. The van der Waals surface area contributed by atoms with Gasteiger partial charge in [-0.15, -0.1) is 0 Å². The molecule has 1 aliphatic carbocycles. The fourth-order valence-corrected chi connectivity index (χ4v) is 4.49.